The second-order valence-corrected chi connectivity index (χ2v) is 3.98. The highest BCUT2D eigenvalue weighted by molar-refractivity contribution is 5.25. The van der Waals surface area contributed by atoms with Gasteiger partial charge in [-0.1, -0.05) is 12.2 Å². The molecule has 0 radical (unpaired) electrons. The molecule has 1 saturated carbocycles. The molecule has 0 aromatic heterocycles. The first kappa shape index (κ1) is 6.21. The first-order valence-corrected chi connectivity index (χ1v) is 4.44. The minimum Gasteiger partial charge on any atom is -0.395 e. The van der Waals surface area contributed by atoms with Gasteiger partial charge in [-0.15, -0.1) is 0 Å². The molecule has 2 heteroatoms. The summed E-state index contributed by atoms with van der Waals surface area (Å²) in [4.78, 5) is 0. The van der Waals surface area contributed by atoms with Gasteiger partial charge in [-0.25, -0.2) is 0 Å². The second kappa shape index (κ2) is 1.87. The molecule has 1 aliphatic heterocycles. The highest BCUT2D eigenvalue weighted by atomic mass is 16.3. The molecule has 11 heavy (non-hydrogen) atoms. The quantitative estimate of drug-likeness (QED) is 0.517. The van der Waals surface area contributed by atoms with Gasteiger partial charge in [-0.05, 0) is 30.2 Å². The van der Waals surface area contributed by atoms with E-state index >= 15 is 0 Å². The van der Waals surface area contributed by atoms with Gasteiger partial charge in [0.05, 0.1) is 6.61 Å². The van der Waals surface area contributed by atoms with Crippen molar-refractivity contribution in [2.45, 2.75) is 6.04 Å². The van der Waals surface area contributed by atoms with E-state index in [4.69, 9.17) is 5.11 Å². The zero-order chi connectivity index (χ0) is 7.42. The summed E-state index contributed by atoms with van der Waals surface area (Å²) < 4.78 is 0. The van der Waals surface area contributed by atoms with Gasteiger partial charge in [0.2, 0.25) is 0 Å². The van der Waals surface area contributed by atoms with Crippen LogP contribution in [-0.2, 0) is 0 Å². The Labute approximate surface area is 66.3 Å². The van der Waals surface area contributed by atoms with Crippen molar-refractivity contribution in [3.8, 4) is 0 Å². The van der Waals surface area contributed by atoms with E-state index in [1.165, 1.54) is 0 Å². The highest BCUT2D eigenvalue weighted by Gasteiger charge is 2.57. The SMILES string of the molecule is OC[C@H]1NC[C@@H]2C3C=CC3[C@@H]21. The van der Waals surface area contributed by atoms with Crippen molar-refractivity contribution in [2.75, 3.05) is 13.2 Å². The molecule has 3 aliphatic rings. The number of nitrogens with one attached hydrogen (secondary N) is 1. The lowest BCUT2D eigenvalue weighted by Gasteiger charge is -2.52. The van der Waals surface area contributed by atoms with E-state index in [2.05, 4.69) is 17.5 Å². The van der Waals surface area contributed by atoms with Crippen LogP contribution in [0.3, 0.4) is 0 Å². The number of aliphatic hydroxyl groups excluding tert-OH is 1. The predicted molar refractivity (Wildman–Crippen MR) is 42.0 cm³/mol. The maximum Gasteiger partial charge on any atom is 0.0587 e. The van der Waals surface area contributed by atoms with Crippen LogP contribution in [0.5, 0.6) is 0 Å². The van der Waals surface area contributed by atoms with E-state index in [9.17, 15) is 0 Å². The third-order valence-electron chi connectivity index (χ3n) is 3.71. The van der Waals surface area contributed by atoms with Gasteiger partial charge in [0.15, 0.2) is 0 Å². The first-order chi connectivity index (χ1) is 5.42. The van der Waals surface area contributed by atoms with E-state index in [-0.39, 0.29) is 0 Å². The van der Waals surface area contributed by atoms with Crippen molar-refractivity contribution in [1.29, 1.82) is 0 Å². The fraction of sp³-hybridized carbons (Fsp3) is 0.778. The topological polar surface area (TPSA) is 32.3 Å². The van der Waals surface area contributed by atoms with Crippen molar-refractivity contribution in [3.63, 3.8) is 0 Å². The van der Waals surface area contributed by atoms with Crippen LogP contribution in [0.1, 0.15) is 0 Å². The molecule has 60 valence electrons. The van der Waals surface area contributed by atoms with E-state index in [0.29, 0.717) is 12.6 Å². The molecule has 1 heterocycles. The minimum atomic E-state index is 0.318. The summed E-state index contributed by atoms with van der Waals surface area (Å²) in [6, 6.07) is 0.395. The summed E-state index contributed by atoms with van der Waals surface area (Å²) in [5.41, 5.74) is 0. The summed E-state index contributed by atoms with van der Waals surface area (Å²) >= 11 is 0. The van der Waals surface area contributed by atoms with E-state index in [1.807, 2.05) is 0 Å². The molecule has 2 aliphatic carbocycles. The van der Waals surface area contributed by atoms with Crippen molar-refractivity contribution < 1.29 is 5.11 Å². The Bertz CT molecular complexity index is 214. The average molecular weight is 151 g/mol. The number of aliphatic hydroxyl groups is 1. The molecule has 0 aromatic rings. The summed E-state index contributed by atoms with van der Waals surface area (Å²) in [6.45, 7) is 1.44. The Balaban J connectivity index is 1.83. The van der Waals surface area contributed by atoms with Crippen molar-refractivity contribution >= 4 is 0 Å². The fourth-order valence-electron chi connectivity index (χ4n) is 3.03. The van der Waals surface area contributed by atoms with E-state index in [0.717, 1.165) is 30.2 Å². The molecule has 2 unspecified atom stereocenters. The Morgan fingerprint density at radius 1 is 1.36 bits per heavy atom. The number of allylic oxidation sites excluding steroid dienone is 2. The molecular weight excluding hydrogens is 138 g/mol. The van der Waals surface area contributed by atoms with Crippen LogP contribution in [0.2, 0.25) is 0 Å². The number of hydrogen-bond donors (Lipinski definition) is 2. The molecule has 2 N–H and O–H groups in total. The van der Waals surface area contributed by atoms with Gasteiger partial charge in [0.1, 0.15) is 0 Å². The standard InChI is InChI=1S/C9H13NO/c11-4-8-9-6-2-1-5(6)7(9)3-10-8/h1-2,5-11H,3-4H2/t5?,6?,7-,8-,9+/m1/s1. The van der Waals surface area contributed by atoms with Gasteiger partial charge < -0.3 is 10.4 Å². The lowest BCUT2D eigenvalue weighted by molar-refractivity contribution is 0.0319. The first-order valence-electron chi connectivity index (χ1n) is 4.44. The number of hydrogen-bond acceptors (Lipinski definition) is 2. The largest absolute Gasteiger partial charge is 0.395 e. The van der Waals surface area contributed by atoms with E-state index in [1.54, 1.807) is 0 Å². The lowest BCUT2D eigenvalue weighted by atomic mass is 9.51. The Kier molecular flexibility index (Phi) is 1.06. The van der Waals surface area contributed by atoms with Crippen molar-refractivity contribution in [3.05, 3.63) is 12.2 Å². The van der Waals surface area contributed by atoms with Gasteiger partial charge in [-0.3, -0.25) is 0 Å². The van der Waals surface area contributed by atoms with Crippen LogP contribution >= 0.6 is 0 Å². The third kappa shape index (κ3) is 0.565. The molecule has 0 amide bonds. The molecular formula is C9H13NO. The smallest absolute Gasteiger partial charge is 0.0587 e. The summed E-state index contributed by atoms with van der Waals surface area (Å²) in [5, 5.41) is 12.4. The number of fused-ring (bicyclic) bond motifs is 4. The zero-order valence-corrected chi connectivity index (χ0v) is 6.40. The molecule has 0 bridgehead atoms. The maximum absolute atomic E-state index is 9.03. The summed E-state index contributed by atoms with van der Waals surface area (Å²) in [5.74, 6) is 3.29. The Morgan fingerprint density at radius 2 is 2.18 bits per heavy atom. The zero-order valence-electron chi connectivity index (χ0n) is 6.40. The fourth-order valence-corrected chi connectivity index (χ4v) is 3.03. The molecule has 0 aromatic carbocycles. The maximum atomic E-state index is 9.03. The molecule has 2 nitrogen and oxygen atoms in total. The summed E-state index contributed by atoms with van der Waals surface area (Å²) in [6.07, 6.45) is 4.63. The van der Waals surface area contributed by atoms with Crippen LogP contribution in [0.25, 0.3) is 0 Å². The van der Waals surface area contributed by atoms with Crippen LogP contribution in [0.4, 0.5) is 0 Å². The Morgan fingerprint density at radius 3 is 2.82 bits per heavy atom. The third-order valence-corrected chi connectivity index (χ3v) is 3.71. The summed E-state index contributed by atoms with van der Waals surface area (Å²) in [7, 11) is 0. The Hall–Kier alpha value is -0.340. The minimum absolute atomic E-state index is 0.318. The van der Waals surface area contributed by atoms with Gasteiger partial charge in [0.25, 0.3) is 0 Å². The second-order valence-electron chi connectivity index (χ2n) is 3.98. The lowest BCUT2D eigenvalue weighted by Crippen LogP contribution is -2.51. The monoisotopic (exact) mass is 151 g/mol. The van der Waals surface area contributed by atoms with Crippen LogP contribution in [0.15, 0.2) is 12.2 Å². The van der Waals surface area contributed by atoms with Crippen LogP contribution in [-0.4, -0.2) is 24.3 Å². The molecule has 2 fully saturated rings. The van der Waals surface area contributed by atoms with Gasteiger partial charge >= 0.3 is 0 Å². The predicted octanol–water partition coefficient (Wildman–Crippen LogP) is -0.00130. The number of rotatable bonds is 1. The average Bonchev–Trinajstić information content (AvgIpc) is 2.30. The normalized spacial score (nSPS) is 57.7. The van der Waals surface area contributed by atoms with Crippen molar-refractivity contribution in [2.24, 2.45) is 23.7 Å². The molecule has 0 spiro atoms. The highest BCUT2D eigenvalue weighted by Crippen LogP contribution is 2.56. The van der Waals surface area contributed by atoms with E-state index < -0.39 is 0 Å². The van der Waals surface area contributed by atoms with Crippen molar-refractivity contribution in [1.82, 2.24) is 5.32 Å². The molecule has 5 atom stereocenters. The molecule has 3 rings (SSSR count). The van der Waals surface area contributed by atoms with Crippen LogP contribution in [0, 0.1) is 23.7 Å². The van der Waals surface area contributed by atoms with Gasteiger partial charge in [0, 0.05) is 6.04 Å². The van der Waals surface area contributed by atoms with Crippen LogP contribution < -0.4 is 5.32 Å². The molecule has 1 saturated heterocycles. The van der Waals surface area contributed by atoms with Gasteiger partial charge in [-0.2, -0.15) is 0 Å².